The second kappa shape index (κ2) is 5.17. The molecule has 0 saturated heterocycles. The Labute approximate surface area is 108 Å². The lowest BCUT2D eigenvalue weighted by atomic mass is 10.2. The lowest BCUT2D eigenvalue weighted by Gasteiger charge is -2.11. The van der Waals surface area contributed by atoms with Gasteiger partial charge in [-0.3, -0.25) is 0 Å². The van der Waals surface area contributed by atoms with Crippen LogP contribution >= 0.6 is 27.3 Å². The van der Waals surface area contributed by atoms with Gasteiger partial charge in [0.2, 0.25) is 0 Å². The van der Waals surface area contributed by atoms with Crippen molar-refractivity contribution in [1.29, 1.82) is 0 Å². The van der Waals surface area contributed by atoms with Crippen LogP contribution in [0.1, 0.15) is 29.2 Å². The van der Waals surface area contributed by atoms with Gasteiger partial charge in [0.05, 0.1) is 16.1 Å². The van der Waals surface area contributed by atoms with Crippen LogP contribution in [0.2, 0.25) is 0 Å². The third kappa shape index (κ3) is 2.75. The van der Waals surface area contributed by atoms with Crippen molar-refractivity contribution < 1.29 is 4.42 Å². The topological polar surface area (TPSA) is 25.2 Å². The Balaban J connectivity index is 1.93. The fourth-order valence-electron chi connectivity index (χ4n) is 1.62. The molecular weight excluding hydrogens is 286 g/mol. The zero-order valence-electron chi connectivity index (χ0n) is 9.29. The molecule has 0 spiro atoms. The molecule has 16 heavy (non-hydrogen) atoms. The third-order valence-corrected chi connectivity index (χ3v) is 4.13. The molecule has 0 radical (unpaired) electrons. The molecule has 0 aliphatic carbocycles. The molecule has 0 aliphatic rings. The number of thiophene rings is 1. The van der Waals surface area contributed by atoms with Crippen molar-refractivity contribution in [2.75, 3.05) is 0 Å². The van der Waals surface area contributed by atoms with Crippen LogP contribution < -0.4 is 5.32 Å². The van der Waals surface area contributed by atoms with Crippen molar-refractivity contribution in [1.82, 2.24) is 5.32 Å². The van der Waals surface area contributed by atoms with E-state index in [1.165, 1.54) is 14.2 Å². The summed E-state index contributed by atoms with van der Waals surface area (Å²) in [4.78, 5) is 1.32. The van der Waals surface area contributed by atoms with Gasteiger partial charge in [-0.1, -0.05) is 0 Å². The Morgan fingerprint density at radius 2 is 2.25 bits per heavy atom. The first-order valence-electron chi connectivity index (χ1n) is 5.18. The van der Waals surface area contributed by atoms with Crippen molar-refractivity contribution in [2.45, 2.75) is 26.4 Å². The van der Waals surface area contributed by atoms with Crippen molar-refractivity contribution >= 4 is 27.3 Å². The number of hydrogen-bond donors (Lipinski definition) is 1. The summed E-state index contributed by atoms with van der Waals surface area (Å²) in [6, 6.07) is 6.44. The summed E-state index contributed by atoms with van der Waals surface area (Å²) in [5.74, 6) is 1.02. The minimum Gasteiger partial charge on any atom is -0.467 e. The van der Waals surface area contributed by atoms with Gasteiger partial charge in [0.25, 0.3) is 0 Å². The van der Waals surface area contributed by atoms with E-state index in [1.54, 1.807) is 17.6 Å². The third-order valence-electron chi connectivity index (χ3n) is 2.51. The molecule has 4 heteroatoms. The fraction of sp³-hybridized carbons (Fsp3) is 0.333. The zero-order valence-corrected chi connectivity index (χ0v) is 11.7. The van der Waals surface area contributed by atoms with Crippen molar-refractivity contribution in [2.24, 2.45) is 0 Å². The summed E-state index contributed by atoms with van der Waals surface area (Å²) in [5.41, 5.74) is 1.20. The summed E-state index contributed by atoms with van der Waals surface area (Å²) < 4.78 is 6.62. The van der Waals surface area contributed by atoms with E-state index < -0.39 is 0 Å². The quantitative estimate of drug-likeness (QED) is 0.912. The molecule has 2 aromatic rings. The Morgan fingerprint density at radius 1 is 1.44 bits per heavy atom. The summed E-state index contributed by atoms with van der Waals surface area (Å²) >= 11 is 5.22. The highest BCUT2D eigenvalue weighted by Gasteiger charge is 2.11. The fourth-order valence-corrected chi connectivity index (χ4v) is 3.06. The molecule has 1 unspecified atom stereocenters. The number of halogens is 1. The predicted molar refractivity (Wildman–Crippen MR) is 70.7 cm³/mol. The van der Waals surface area contributed by atoms with Gasteiger partial charge in [-0.2, -0.15) is 0 Å². The number of rotatable bonds is 4. The summed E-state index contributed by atoms with van der Waals surface area (Å²) in [6.45, 7) is 5.06. The summed E-state index contributed by atoms with van der Waals surface area (Å²) in [6.07, 6.45) is 1.74. The van der Waals surface area contributed by atoms with Crippen LogP contribution in [0, 0.1) is 6.92 Å². The van der Waals surface area contributed by atoms with E-state index in [2.05, 4.69) is 47.2 Å². The van der Waals surface area contributed by atoms with E-state index >= 15 is 0 Å². The van der Waals surface area contributed by atoms with Gasteiger partial charge in [-0.05, 0) is 53.5 Å². The molecule has 2 aromatic heterocycles. The maximum atomic E-state index is 5.45. The Morgan fingerprint density at radius 3 is 2.81 bits per heavy atom. The van der Waals surface area contributed by atoms with E-state index in [0.717, 1.165) is 12.3 Å². The average molecular weight is 300 g/mol. The second-order valence-corrected chi connectivity index (χ2v) is 6.32. The SMILES string of the molecule is Cc1ccoc1C(C)NCc1ccc(Br)s1. The molecule has 0 aliphatic heterocycles. The van der Waals surface area contributed by atoms with Crippen LogP contribution in [0.4, 0.5) is 0 Å². The van der Waals surface area contributed by atoms with Crippen LogP contribution in [0.3, 0.4) is 0 Å². The number of hydrogen-bond acceptors (Lipinski definition) is 3. The molecule has 1 atom stereocenters. The molecular formula is C12H14BrNOS. The first kappa shape index (κ1) is 11.9. The molecule has 0 bridgehead atoms. The predicted octanol–water partition coefficient (Wildman–Crippen LogP) is 4.26. The average Bonchev–Trinajstić information content (AvgIpc) is 2.84. The first-order valence-corrected chi connectivity index (χ1v) is 6.79. The van der Waals surface area contributed by atoms with Gasteiger partial charge in [-0.15, -0.1) is 11.3 Å². The Hall–Kier alpha value is -0.580. The first-order chi connectivity index (χ1) is 7.66. The van der Waals surface area contributed by atoms with E-state index in [0.29, 0.717) is 0 Å². The van der Waals surface area contributed by atoms with E-state index in [1.807, 2.05) is 6.07 Å². The number of nitrogens with one attached hydrogen (secondary N) is 1. The van der Waals surface area contributed by atoms with Crippen molar-refractivity contribution in [3.05, 3.63) is 44.4 Å². The highest BCUT2D eigenvalue weighted by molar-refractivity contribution is 9.11. The minimum absolute atomic E-state index is 0.246. The molecule has 86 valence electrons. The van der Waals surface area contributed by atoms with E-state index in [-0.39, 0.29) is 6.04 Å². The van der Waals surface area contributed by atoms with Crippen LogP contribution in [0.5, 0.6) is 0 Å². The van der Waals surface area contributed by atoms with Crippen LogP contribution in [0.25, 0.3) is 0 Å². The zero-order chi connectivity index (χ0) is 11.5. The maximum absolute atomic E-state index is 5.45. The van der Waals surface area contributed by atoms with Crippen LogP contribution in [-0.4, -0.2) is 0 Å². The highest BCUT2D eigenvalue weighted by atomic mass is 79.9. The number of furan rings is 1. The lowest BCUT2D eigenvalue weighted by molar-refractivity contribution is 0.428. The van der Waals surface area contributed by atoms with Gasteiger partial charge >= 0.3 is 0 Å². The van der Waals surface area contributed by atoms with E-state index in [9.17, 15) is 0 Å². The molecule has 2 heterocycles. The Bertz CT molecular complexity index is 463. The lowest BCUT2D eigenvalue weighted by Crippen LogP contribution is -2.17. The van der Waals surface area contributed by atoms with Gasteiger partial charge in [0, 0.05) is 11.4 Å². The van der Waals surface area contributed by atoms with Gasteiger partial charge in [0.15, 0.2) is 0 Å². The van der Waals surface area contributed by atoms with Crippen LogP contribution in [-0.2, 0) is 6.54 Å². The van der Waals surface area contributed by atoms with E-state index in [4.69, 9.17) is 4.42 Å². The van der Waals surface area contributed by atoms with Crippen molar-refractivity contribution in [3.63, 3.8) is 0 Å². The van der Waals surface area contributed by atoms with Gasteiger partial charge < -0.3 is 9.73 Å². The van der Waals surface area contributed by atoms with Gasteiger partial charge in [0.1, 0.15) is 5.76 Å². The monoisotopic (exact) mass is 299 g/mol. The molecule has 2 nitrogen and oxygen atoms in total. The normalized spacial score (nSPS) is 12.9. The molecule has 1 N–H and O–H groups in total. The molecule has 0 fully saturated rings. The Kier molecular flexibility index (Phi) is 3.84. The molecule has 0 aromatic carbocycles. The smallest absolute Gasteiger partial charge is 0.123 e. The molecule has 0 amide bonds. The van der Waals surface area contributed by atoms with Gasteiger partial charge in [-0.25, -0.2) is 0 Å². The highest BCUT2D eigenvalue weighted by Crippen LogP contribution is 2.23. The number of aryl methyl sites for hydroxylation is 1. The summed E-state index contributed by atoms with van der Waals surface area (Å²) in [5, 5.41) is 3.45. The largest absolute Gasteiger partial charge is 0.467 e. The minimum atomic E-state index is 0.246. The van der Waals surface area contributed by atoms with Crippen LogP contribution in [0.15, 0.2) is 32.7 Å². The van der Waals surface area contributed by atoms with Crippen molar-refractivity contribution in [3.8, 4) is 0 Å². The molecule has 0 saturated carbocycles. The second-order valence-electron chi connectivity index (χ2n) is 3.78. The standard InChI is InChI=1S/C12H14BrNOS/c1-8-5-6-15-12(8)9(2)14-7-10-3-4-11(13)16-10/h3-6,9,14H,7H2,1-2H3. The maximum Gasteiger partial charge on any atom is 0.123 e. The molecule has 2 rings (SSSR count). The summed E-state index contributed by atoms with van der Waals surface area (Å²) in [7, 11) is 0.